The average molecular weight is 203 g/mol. The van der Waals surface area contributed by atoms with Gasteiger partial charge in [0.05, 0.1) is 5.84 Å². The third-order valence-electron chi connectivity index (χ3n) is 1.94. The van der Waals surface area contributed by atoms with Crippen molar-refractivity contribution in [3.63, 3.8) is 0 Å². The second-order valence-electron chi connectivity index (χ2n) is 3.32. The van der Waals surface area contributed by atoms with E-state index in [0.717, 1.165) is 18.8 Å². The fourth-order valence-electron chi connectivity index (χ4n) is 1.02. The maximum absolute atomic E-state index is 7.25. The topological polar surface area (TPSA) is 53.1 Å². The van der Waals surface area contributed by atoms with E-state index in [0.29, 0.717) is 0 Å². The minimum absolute atomic E-state index is 0.177. The Morgan fingerprint density at radius 1 is 1.62 bits per heavy atom. The SMILES string of the molecule is CCSCCN(C)CC(C)C(=N)N. The lowest BCUT2D eigenvalue weighted by Crippen LogP contribution is -2.33. The summed E-state index contributed by atoms with van der Waals surface area (Å²) in [6.45, 7) is 6.13. The quantitative estimate of drug-likeness (QED) is 0.372. The summed E-state index contributed by atoms with van der Waals surface area (Å²) >= 11 is 1.95. The van der Waals surface area contributed by atoms with Crippen molar-refractivity contribution < 1.29 is 0 Å². The normalized spacial score (nSPS) is 13.2. The van der Waals surface area contributed by atoms with Crippen molar-refractivity contribution in [2.45, 2.75) is 13.8 Å². The Kier molecular flexibility index (Phi) is 7.09. The van der Waals surface area contributed by atoms with Crippen LogP contribution in [0.2, 0.25) is 0 Å². The largest absolute Gasteiger partial charge is 0.387 e. The molecule has 78 valence electrons. The minimum atomic E-state index is 0.177. The zero-order valence-corrected chi connectivity index (χ0v) is 9.66. The van der Waals surface area contributed by atoms with Crippen LogP contribution in [0, 0.1) is 11.3 Å². The summed E-state index contributed by atoms with van der Waals surface area (Å²) in [5, 5.41) is 7.25. The van der Waals surface area contributed by atoms with Gasteiger partial charge in [0.25, 0.3) is 0 Å². The van der Waals surface area contributed by atoms with E-state index in [2.05, 4.69) is 18.9 Å². The molecule has 0 aliphatic carbocycles. The van der Waals surface area contributed by atoms with Crippen molar-refractivity contribution >= 4 is 17.6 Å². The van der Waals surface area contributed by atoms with Gasteiger partial charge in [-0.1, -0.05) is 13.8 Å². The number of thioether (sulfide) groups is 1. The van der Waals surface area contributed by atoms with Gasteiger partial charge in [-0.2, -0.15) is 11.8 Å². The van der Waals surface area contributed by atoms with Crippen LogP contribution in [-0.4, -0.2) is 42.4 Å². The Morgan fingerprint density at radius 3 is 2.69 bits per heavy atom. The second-order valence-corrected chi connectivity index (χ2v) is 4.71. The number of hydrogen-bond donors (Lipinski definition) is 2. The molecule has 0 aromatic heterocycles. The molecule has 0 heterocycles. The van der Waals surface area contributed by atoms with E-state index in [1.165, 1.54) is 5.75 Å². The molecular formula is C9H21N3S. The van der Waals surface area contributed by atoms with Gasteiger partial charge in [0.1, 0.15) is 0 Å². The highest BCUT2D eigenvalue weighted by Crippen LogP contribution is 2.01. The van der Waals surface area contributed by atoms with Gasteiger partial charge in [-0.3, -0.25) is 5.41 Å². The number of amidine groups is 1. The van der Waals surface area contributed by atoms with E-state index >= 15 is 0 Å². The molecule has 4 heteroatoms. The summed E-state index contributed by atoms with van der Waals surface area (Å²) in [7, 11) is 2.08. The molecule has 0 aliphatic heterocycles. The van der Waals surface area contributed by atoms with Crippen molar-refractivity contribution in [2.75, 3.05) is 31.6 Å². The average Bonchev–Trinajstić information content (AvgIpc) is 2.04. The van der Waals surface area contributed by atoms with Crippen molar-refractivity contribution in [2.24, 2.45) is 11.7 Å². The van der Waals surface area contributed by atoms with E-state index in [-0.39, 0.29) is 11.8 Å². The molecule has 0 aliphatic rings. The third-order valence-corrected chi connectivity index (χ3v) is 2.82. The second kappa shape index (κ2) is 7.21. The van der Waals surface area contributed by atoms with Crippen LogP contribution in [0.4, 0.5) is 0 Å². The Labute approximate surface area is 85.6 Å². The molecular weight excluding hydrogens is 182 g/mol. The van der Waals surface area contributed by atoms with Crippen molar-refractivity contribution in [3.8, 4) is 0 Å². The van der Waals surface area contributed by atoms with Gasteiger partial charge < -0.3 is 10.6 Å². The predicted molar refractivity (Wildman–Crippen MR) is 61.6 cm³/mol. The van der Waals surface area contributed by atoms with Crippen LogP contribution < -0.4 is 5.73 Å². The molecule has 1 unspecified atom stereocenters. The fraction of sp³-hybridized carbons (Fsp3) is 0.889. The van der Waals surface area contributed by atoms with E-state index in [9.17, 15) is 0 Å². The van der Waals surface area contributed by atoms with Gasteiger partial charge in [0, 0.05) is 24.8 Å². The lowest BCUT2D eigenvalue weighted by molar-refractivity contribution is 0.333. The first-order valence-electron chi connectivity index (χ1n) is 4.68. The Balaban J connectivity index is 3.49. The van der Waals surface area contributed by atoms with Gasteiger partial charge in [-0.05, 0) is 12.8 Å². The molecule has 0 spiro atoms. The number of nitrogens with one attached hydrogen (secondary N) is 1. The van der Waals surface area contributed by atoms with Gasteiger partial charge >= 0.3 is 0 Å². The third kappa shape index (κ3) is 6.90. The molecule has 0 aromatic rings. The van der Waals surface area contributed by atoms with Crippen LogP contribution in [0.3, 0.4) is 0 Å². The Morgan fingerprint density at radius 2 is 2.23 bits per heavy atom. The Bertz CT molecular complexity index is 150. The summed E-state index contributed by atoms with van der Waals surface area (Å²) in [4.78, 5) is 2.23. The number of nitrogens with zero attached hydrogens (tertiary/aromatic N) is 1. The highest BCUT2D eigenvalue weighted by Gasteiger charge is 2.07. The monoisotopic (exact) mass is 203 g/mol. The highest BCUT2D eigenvalue weighted by atomic mass is 32.2. The van der Waals surface area contributed by atoms with Gasteiger partial charge in [-0.15, -0.1) is 0 Å². The summed E-state index contributed by atoms with van der Waals surface area (Å²) < 4.78 is 0. The fourth-order valence-corrected chi connectivity index (χ4v) is 1.75. The van der Waals surface area contributed by atoms with Crippen LogP contribution in [0.1, 0.15) is 13.8 Å². The van der Waals surface area contributed by atoms with E-state index in [4.69, 9.17) is 11.1 Å². The first-order chi connectivity index (χ1) is 6.07. The number of nitrogens with two attached hydrogens (primary N) is 1. The molecule has 0 amide bonds. The van der Waals surface area contributed by atoms with Crippen molar-refractivity contribution in [1.29, 1.82) is 5.41 Å². The zero-order valence-electron chi connectivity index (χ0n) is 8.84. The van der Waals surface area contributed by atoms with Crippen LogP contribution in [0.15, 0.2) is 0 Å². The molecule has 13 heavy (non-hydrogen) atoms. The molecule has 0 aromatic carbocycles. The van der Waals surface area contributed by atoms with Crippen molar-refractivity contribution in [3.05, 3.63) is 0 Å². The van der Waals surface area contributed by atoms with E-state index in [1.807, 2.05) is 18.7 Å². The lowest BCUT2D eigenvalue weighted by atomic mass is 10.1. The van der Waals surface area contributed by atoms with Crippen LogP contribution >= 0.6 is 11.8 Å². The van der Waals surface area contributed by atoms with E-state index < -0.39 is 0 Å². The zero-order chi connectivity index (χ0) is 10.3. The molecule has 0 saturated heterocycles. The molecule has 3 nitrogen and oxygen atoms in total. The Hall–Kier alpha value is -0.220. The molecule has 0 radical (unpaired) electrons. The molecule has 0 fully saturated rings. The summed E-state index contributed by atoms with van der Waals surface area (Å²) in [6.07, 6.45) is 0. The first-order valence-corrected chi connectivity index (χ1v) is 5.83. The molecule has 0 rings (SSSR count). The summed E-state index contributed by atoms with van der Waals surface area (Å²) in [5.41, 5.74) is 5.39. The van der Waals surface area contributed by atoms with Gasteiger partial charge in [0.15, 0.2) is 0 Å². The van der Waals surface area contributed by atoms with Crippen molar-refractivity contribution in [1.82, 2.24) is 4.90 Å². The van der Waals surface area contributed by atoms with Crippen LogP contribution in [0.25, 0.3) is 0 Å². The number of hydrogen-bond acceptors (Lipinski definition) is 3. The maximum atomic E-state index is 7.25. The lowest BCUT2D eigenvalue weighted by Gasteiger charge is -2.19. The first kappa shape index (κ1) is 12.8. The molecule has 1 atom stereocenters. The molecule has 3 N–H and O–H groups in total. The smallest absolute Gasteiger partial charge is 0.0947 e. The predicted octanol–water partition coefficient (Wildman–Crippen LogP) is 1.24. The molecule has 0 bridgehead atoms. The highest BCUT2D eigenvalue weighted by molar-refractivity contribution is 7.99. The van der Waals surface area contributed by atoms with E-state index in [1.54, 1.807) is 0 Å². The standard InChI is InChI=1S/C9H21N3S/c1-4-13-6-5-12(3)7-8(2)9(10)11/h8H,4-7H2,1-3H3,(H3,10,11). The summed E-state index contributed by atoms with van der Waals surface area (Å²) in [5.74, 6) is 2.81. The number of rotatable bonds is 7. The van der Waals surface area contributed by atoms with Gasteiger partial charge in [0.2, 0.25) is 0 Å². The van der Waals surface area contributed by atoms with Crippen LogP contribution in [-0.2, 0) is 0 Å². The van der Waals surface area contributed by atoms with Gasteiger partial charge in [-0.25, -0.2) is 0 Å². The minimum Gasteiger partial charge on any atom is -0.387 e. The molecule has 0 saturated carbocycles. The summed E-state index contributed by atoms with van der Waals surface area (Å²) in [6, 6.07) is 0. The van der Waals surface area contributed by atoms with Crippen LogP contribution in [0.5, 0.6) is 0 Å². The maximum Gasteiger partial charge on any atom is 0.0947 e.